The van der Waals surface area contributed by atoms with Crippen molar-refractivity contribution in [3.63, 3.8) is 0 Å². The number of hydrogen-bond donors (Lipinski definition) is 3. The summed E-state index contributed by atoms with van der Waals surface area (Å²) < 4.78 is 1.77. The molecule has 0 saturated heterocycles. The van der Waals surface area contributed by atoms with Crippen LogP contribution in [0.5, 0.6) is 0 Å². The van der Waals surface area contributed by atoms with Gasteiger partial charge in [-0.25, -0.2) is 4.79 Å². The molecule has 0 saturated carbocycles. The van der Waals surface area contributed by atoms with Crippen molar-refractivity contribution in [1.29, 1.82) is 0 Å². The first kappa shape index (κ1) is 15.7. The van der Waals surface area contributed by atoms with Gasteiger partial charge in [0.05, 0.1) is 18.7 Å². The highest BCUT2D eigenvalue weighted by Crippen LogP contribution is 2.04. The molecule has 0 fully saturated rings. The maximum atomic E-state index is 12.0. The quantitative estimate of drug-likeness (QED) is 0.709. The van der Waals surface area contributed by atoms with E-state index in [0.717, 1.165) is 5.56 Å². The minimum atomic E-state index is -0.575. The number of H-pyrrole nitrogens is 2. The number of carbonyl (C=O) groups excluding carboxylic acids is 1. The van der Waals surface area contributed by atoms with Gasteiger partial charge in [-0.3, -0.25) is 19.3 Å². The van der Waals surface area contributed by atoms with E-state index >= 15 is 0 Å². The third-order valence-corrected chi connectivity index (χ3v) is 3.37. The molecule has 118 valence electrons. The highest BCUT2D eigenvalue weighted by atomic mass is 16.2. The van der Waals surface area contributed by atoms with E-state index in [0.29, 0.717) is 12.2 Å². The summed E-state index contributed by atoms with van der Waals surface area (Å²) in [7, 11) is 0. The summed E-state index contributed by atoms with van der Waals surface area (Å²) in [5.74, 6) is -0.281. The van der Waals surface area contributed by atoms with Crippen molar-refractivity contribution in [2.75, 3.05) is 6.54 Å². The molecule has 0 aliphatic carbocycles. The molecule has 2 rings (SSSR count). The molecule has 0 spiro atoms. The summed E-state index contributed by atoms with van der Waals surface area (Å²) in [6, 6.07) is 0.00705. The van der Waals surface area contributed by atoms with Gasteiger partial charge in [-0.1, -0.05) is 0 Å². The van der Waals surface area contributed by atoms with Crippen LogP contribution in [-0.4, -0.2) is 32.2 Å². The number of nitrogens with one attached hydrogen (secondary N) is 3. The summed E-state index contributed by atoms with van der Waals surface area (Å²) in [6.07, 6.45) is 3.57. The van der Waals surface area contributed by atoms with Crippen molar-refractivity contribution < 1.29 is 4.79 Å². The summed E-state index contributed by atoms with van der Waals surface area (Å²) >= 11 is 0. The van der Waals surface area contributed by atoms with E-state index in [-0.39, 0.29) is 23.9 Å². The maximum Gasteiger partial charge on any atom is 0.325 e. The molecular weight excluding hydrogens is 286 g/mol. The molecule has 22 heavy (non-hydrogen) atoms. The van der Waals surface area contributed by atoms with Crippen LogP contribution >= 0.6 is 0 Å². The second-order valence-electron chi connectivity index (χ2n) is 5.34. The zero-order chi connectivity index (χ0) is 16.3. The predicted octanol–water partition coefficient (Wildman–Crippen LogP) is -0.204. The van der Waals surface area contributed by atoms with Crippen molar-refractivity contribution in [2.24, 2.45) is 0 Å². The van der Waals surface area contributed by atoms with Crippen LogP contribution in [-0.2, 0) is 11.2 Å². The lowest BCUT2D eigenvalue weighted by atomic mass is 10.1. The van der Waals surface area contributed by atoms with Crippen LogP contribution < -0.4 is 16.6 Å². The Morgan fingerprint density at radius 1 is 1.36 bits per heavy atom. The van der Waals surface area contributed by atoms with Crippen molar-refractivity contribution in [3.8, 4) is 0 Å². The van der Waals surface area contributed by atoms with Crippen LogP contribution in [0.1, 0.15) is 29.8 Å². The van der Waals surface area contributed by atoms with E-state index in [1.54, 1.807) is 17.8 Å². The average molecular weight is 305 g/mol. The topological polar surface area (TPSA) is 113 Å². The van der Waals surface area contributed by atoms with Gasteiger partial charge in [0.25, 0.3) is 5.56 Å². The largest absolute Gasteiger partial charge is 0.354 e. The number of aromatic nitrogens is 4. The Hall–Kier alpha value is -2.64. The summed E-state index contributed by atoms with van der Waals surface area (Å²) in [5.41, 5.74) is 0.606. The van der Waals surface area contributed by atoms with Crippen LogP contribution in [0.15, 0.2) is 22.0 Å². The fraction of sp³-hybridized carbons (Fsp3) is 0.429. The first-order chi connectivity index (χ1) is 10.4. The SMILES string of the molecule is Cc1cnn([C@H](C)CNC(=O)Cc2c(C)[nH]c(=O)[nH]c2=O)c1. The molecule has 0 aliphatic rings. The first-order valence-corrected chi connectivity index (χ1v) is 6.96. The van der Waals surface area contributed by atoms with Gasteiger partial charge in [-0.05, 0) is 26.3 Å². The summed E-state index contributed by atoms with van der Waals surface area (Å²) in [4.78, 5) is 39.3. The molecule has 2 aromatic rings. The minimum absolute atomic E-state index is 0.00705. The molecule has 1 amide bonds. The number of aromatic amines is 2. The standard InChI is InChI=1S/C14H19N5O3/c1-8-5-16-19(7-8)9(2)6-15-12(20)4-11-10(3)17-14(22)18-13(11)21/h5,7,9H,4,6H2,1-3H3,(H,15,20)(H2,17,18,21,22)/t9-/m1/s1. The van der Waals surface area contributed by atoms with Crippen molar-refractivity contribution in [3.05, 3.63) is 50.1 Å². The van der Waals surface area contributed by atoms with Crippen LogP contribution in [0, 0.1) is 13.8 Å². The van der Waals surface area contributed by atoms with Gasteiger partial charge < -0.3 is 10.3 Å². The third-order valence-electron chi connectivity index (χ3n) is 3.37. The van der Waals surface area contributed by atoms with Gasteiger partial charge >= 0.3 is 5.69 Å². The second kappa shape index (κ2) is 6.42. The van der Waals surface area contributed by atoms with Gasteiger partial charge in [0.1, 0.15) is 0 Å². The number of amides is 1. The zero-order valence-electron chi connectivity index (χ0n) is 12.8. The lowest BCUT2D eigenvalue weighted by molar-refractivity contribution is -0.120. The average Bonchev–Trinajstić information content (AvgIpc) is 2.87. The van der Waals surface area contributed by atoms with Crippen molar-refractivity contribution >= 4 is 5.91 Å². The zero-order valence-corrected chi connectivity index (χ0v) is 12.8. The minimum Gasteiger partial charge on any atom is -0.354 e. The summed E-state index contributed by atoms with van der Waals surface area (Å²) in [5, 5.41) is 6.95. The Morgan fingerprint density at radius 2 is 2.09 bits per heavy atom. The van der Waals surface area contributed by atoms with E-state index in [2.05, 4.69) is 20.4 Å². The normalized spacial score (nSPS) is 12.1. The molecule has 8 heteroatoms. The number of rotatable bonds is 5. The molecule has 2 heterocycles. The van der Waals surface area contributed by atoms with Gasteiger partial charge in [0, 0.05) is 24.0 Å². The van der Waals surface area contributed by atoms with Gasteiger partial charge in [0.15, 0.2) is 0 Å². The molecule has 0 aliphatic heterocycles. The Balaban J connectivity index is 1.96. The predicted molar refractivity (Wildman–Crippen MR) is 80.8 cm³/mol. The molecule has 1 atom stereocenters. The van der Waals surface area contributed by atoms with Crippen LogP contribution in [0.25, 0.3) is 0 Å². The van der Waals surface area contributed by atoms with Gasteiger partial charge in [-0.2, -0.15) is 5.10 Å². The van der Waals surface area contributed by atoms with Crippen molar-refractivity contribution in [2.45, 2.75) is 33.2 Å². The van der Waals surface area contributed by atoms with Crippen LogP contribution in [0.3, 0.4) is 0 Å². The Bertz CT molecular complexity index is 786. The Morgan fingerprint density at radius 3 is 2.68 bits per heavy atom. The molecule has 0 radical (unpaired) electrons. The third kappa shape index (κ3) is 3.72. The number of carbonyl (C=O) groups is 1. The van der Waals surface area contributed by atoms with E-state index in [4.69, 9.17) is 0 Å². The number of hydrogen-bond acceptors (Lipinski definition) is 4. The monoisotopic (exact) mass is 305 g/mol. The maximum absolute atomic E-state index is 12.0. The van der Waals surface area contributed by atoms with Crippen LogP contribution in [0.4, 0.5) is 0 Å². The van der Waals surface area contributed by atoms with E-state index in [1.807, 2.05) is 20.0 Å². The molecule has 3 N–H and O–H groups in total. The molecule has 2 aromatic heterocycles. The lowest BCUT2D eigenvalue weighted by Crippen LogP contribution is -2.34. The number of aryl methyl sites for hydroxylation is 2. The first-order valence-electron chi connectivity index (χ1n) is 6.96. The molecule has 0 unspecified atom stereocenters. The summed E-state index contributed by atoms with van der Waals surface area (Å²) in [6.45, 7) is 5.87. The van der Waals surface area contributed by atoms with E-state index < -0.39 is 11.2 Å². The van der Waals surface area contributed by atoms with Crippen LogP contribution in [0.2, 0.25) is 0 Å². The second-order valence-corrected chi connectivity index (χ2v) is 5.34. The molecule has 0 aromatic carbocycles. The van der Waals surface area contributed by atoms with Gasteiger partial charge in [0.2, 0.25) is 5.91 Å². The Labute approximate surface area is 126 Å². The smallest absolute Gasteiger partial charge is 0.325 e. The lowest BCUT2D eigenvalue weighted by Gasteiger charge is -2.13. The molecular formula is C14H19N5O3. The number of nitrogens with zero attached hydrogens (tertiary/aromatic N) is 2. The van der Waals surface area contributed by atoms with E-state index in [9.17, 15) is 14.4 Å². The highest BCUT2D eigenvalue weighted by Gasteiger charge is 2.13. The van der Waals surface area contributed by atoms with E-state index in [1.165, 1.54) is 0 Å². The molecule has 8 nitrogen and oxygen atoms in total. The fourth-order valence-electron chi connectivity index (χ4n) is 2.09. The molecule has 0 bridgehead atoms. The fourth-order valence-corrected chi connectivity index (χ4v) is 2.09. The van der Waals surface area contributed by atoms with Gasteiger partial charge in [-0.15, -0.1) is 0 Å². The van der Waals surface area contributed by atoms with Crippen molar-refractivity contribution in [1.82, 2.24) is 25.1 Å². The highest BCUT2D eigenvalue weighted by molar-refractivity contribution is 5.78. The Kier molecular flexibility index (Phi) is 4.59.